The standard InChI is InChI=1S/C13H17N5O2S/c1-8-16-17-13(18(8)2)21-7-12(19)15-11-5-4-9(20-3)6-10(11)14/h4-6H,7,14H2,1-3H3,(H,15,19). The van der Waals surface area contributed by atoms with Crippen LogP contribution in [-0.2, 0) is 11.8 Å². The SMILES string of the molecule is COc1ccc(NC(=O)CSc2nnc(C)n2C)c(N)c1. The summed E-state index contributed by atoms with van der Waals surface area (Å²) in [4.78, 5) is 11.9. The van der Waals surface area contributed by atoms with Crippen LogP contribution >= 0.6 is 11.8 Å². The van der Waals surface area contributed by atoms with Gasteiger partial charge in [0.05, 0.1) is 24.2 Å². The first kappa shape index (κ1) is 15.2. The Labute approximate surface area is 126 Å². The molecule has 0 unspecified atom stereocenters. The van der Waals surface area contributed by atoms with Gasteiger partial charge in [0.2, 0.25) is 5.91 Å². The minimum atomic E-state index is -0.155. The number of aromatic nitrogens is 3. The predicted molar refractivity (Wildman–Crippen MR) is 82.5 cm³/mol. The third kappa shape index (κ3) is 3.66. The molecule has 8 heteroatoms. The van der Waals surface area contributed by atoms with E-state index in [9.17, 15) is 4.79 Å². The number of hydrogen-bond acceptors (Lipinski definition) is 6. The van der Waals surface area contributed by atoms with Gasteiger partial charge in [-0.3, -0.25) is 4.79 Å². The summed E-state index contributed by atoms with van der Waals surface area (Å²) in [6.07, 6.45) is 0. The summed E-state index contributed by atoms with van der Waals surface area (Å²) >= 11 is 1.32. The number of hydrogen-bond donors (Lipinski definition) is 2. The molecular formula is C13H17N5O2S. The number of nitrogens with zero attached hydrogens (tertiary/aromatic N) is 3. The number of ether oxygens (including phenoxy) is 1. The predicted octanol–water partition coefficient (Wildman–Crippen LogP) is 1.45. The molecule has 0 spiro atoms. The van der Waals surface area contributed by atoms with Gasteiger partial charge in [-0.1, -0.05) is 11.8 Å². The second kappa shape index (κ2) is 6.49. The Hall–Kier alpha value is -2.22. The van der Waals surface area contributed by atoms with Crippen molar-refractivity contribution in [2.75, 3.05) is 23.9 Å². The minimum absolute atomic E-state index is 0.155. The minimum Gasteiger partial charge on any atom is -0.497 e. The lowest BCUT2D eigenvalue weighted by Gasteiger charge is -2.09. The molecule has 112 valence electrons. The van der Waals surface area contributed by atoms with Crippen LogP contribution in [0.5, 0.6) is 5.75 Å². The van der Waals surface area contributed by atoms with E-state index in [1.807, 2.05) is 18.5 Å². The number of methoxy groups -OCH3 is 1. The van der Waals surface area contributed by atoms with Crippen molar-refractivity contribution in [3.63, 3.8) is 0 Å². The van der Waals surface area contributed by atoms with Gasteiger partial charge in [0.15, 0.2) is 5.16 Å². The monoisotopic (exact) mass is 307 g/mol. The lowest BCUT2D eigenvalue weighted by molar-refractivity contribution is -0.113. The largest absolute Gasteiger partial charge is 0.497 e. The molecule has 2 rings (SSSR count). The van der Waals surface area contributed by atoms with E-state index in [4.69, 9.17) is 10.5 Å². The smallest absolute Gasteiger partial charge is 0.234 e. The maximum absolute atomic E-state index is 11.9. The third-order valence-electron chi connectivity index (χ3n) is 2.92. The van der Waals surface area contributed by atoms with Gasteiger partial charge in [0, 0.05) is 13.1 Å². The lowest BCUT2D eigenvalue weighted by atomic mass is 10.2. The van der Waals surface area contributed by atoms with E-state index in [1.165, 1.54) is 11.8 Å². The van der Waals surface area contributed by atoms with Crippen LogP contribution in [0.1, 0.15) is 5.82 Å². The molecule has 1 aromatic heterocycles. The first-order chi connectivity index (χ1) is 10.0. The zero-order valence-electron chi connectivity index (χ0n) is 12.1. The highest BCUT2D eigenvalue weighted by Crippen LogP contribution is 2.24. The maximum Gasteiger partial charge on any atom is 0.234 e. The van der Waals surface area contributed by atoms with Gasteiger partial charge in [-0.05, 0) is 19.1 Å². The van der Waals surface area contributed by atoms with Crippen LogP contribution in [0, 0.1) is 6.92 Å². The maximum atomic E-state index is 11.9. The van der Waals surface area contributed by atoms with E-state index in [2.05, 4.69) is 15.5 Å². The molecule has 0 aliphatic carbocycles. The number of amides is 1. The van der Waals surface area contributed by atoms with Gasteiger partial charge in [-0.25, -0.2) is 0 Å². The molecular weight excluding hydrogens is 290 g/mol. The number of carbonyl (C=O) groups is 1. The highest BCUT2D eigenvalue weighted by Gasteiger charge is 2.10. The molecule has 0 atom stereocenters. The number of anilines is 2. The van der Waals surface area contributed by atoms with Crippen LogP contribution in [0.4, 0.5) is 11.4 Å². The second-order valence-corrected chi connectivity index (χ2v) is 5.32. The molecule has 0 aliphatic rings. The number of carbonyl (C=O) groups excluding carboxylic acids is 1. The second-order valence-electron chi connectivity index (χ2n) is 4.38. The van der Waals surface area contributed by atoms with E-state index in [1.54, 1.807) is 25.3 Å². The summed E-state index contributed by atoms with van der Waals surface area (Å²) in [7, 11) is 3.42. The fourth-order valence-corrected chi connectivity index (χ4v) is 2.37. The summed E-state index contributed by atoms with van der Waals surface area (Å²) in [5, 5.41) is 11.4. The lowest BCUT2D eigenvalue weighted by Crippen LogP contribution is -2.15. The normalized spacial score (nSPS) is 10.4. The first-order valence-electron chi connectivity index (χ1n) is 6.23. The summed E-state index contributed by atoms with van der Waals surface area (Å²) in [6.45, 7) is 1.86. The Morgan fingerprint density at radius 3 is 2.81 bits per heavy atom. The molecule has 0 bridgehead atoms. The van der Waals surface area contributed by atoms with Crippen molar-refractivity contribution in [1.82, 2.24) is 14.8 Å². The van der Waals surface area contributed by atoms with Crippen LogP contribution in [0.3, 0.4) is 0 Å². The summed E-state index contributed by atoms with van der Waals surface area (Å²) < 4.78 is 6.89. The van der Waals surface area contributed by atoms with Crippen LogP contribution in [0.15, 0.2) is 23.4 Å². The molecule has 7 nitrogen and oxygen atoms in total. The van der Waals surface area contributed by atoms with Crippen LogP contribution < -0.4 is 15.8 Å². The fourth-order valence-electron chi connectivity index (χ4n) is 1.61. The average molecular weight is 307 g/mol. The Bertz CT molecular complexity index is 656. The molecule has 2 aromatic rings. The molecule has 3 N–H and O–H groups in total. The number of nitrogens with one attached hydrogen (secondary N) is 1. The molecule has 0 radical (unpaired) electrons. The van der Waals surface area contributed by atoms with E-state index >= 15 is 0 Å². The Kier molecular flexibility index (Phi) is 4.69. The van der Waals surface area contributed by atoms with Crippen LogP contribution in [0.25, 0.3) is 0 Å². The number of nitrogen functional groups attached to an aromatic ring is 1. The van der Waals surface area contributed by atoms with Gasteiger partial charge in [-0.15, -0.1) is 10.2 Å². The highest BCUT2D eigenvalue weighted by atomic mass is 32.2. The molecule has 1 amide bonds. The van der Waals surface area contributed by atoms with Crippen LogP contribution in [-0.4, -0.2) is 33.5 Å². The molecule has 0 saturated heterocycles. The van der Waals surface area contributed by atoms with Crippen molar-refractivity contribution < 1.29 is 9.53 Å². The van der Waals surface area contributed by atoms with Crippen molar-refractivity contribution in [2.24, 2.45) is 7.05 Å². The van der Waals surface area contributed by atoms with Gasteiger partial charge in [-0.2, -0.15) is 0 Å². The van der Waals surface area contributed by atoms with Crippen LogP contribution in [0.2, 0.25) is 0 Å². The quantitative estimate of drug-likeness (QED) is 0.641. The molecule has 1 heterocycles. The zero-order valence-corrected chi connectivity index (χ0v) is 12.9. The third-order valence-corrected chi connectivity index (χ3v) is 3.94. The molecule has 21 heavy (non-hydrogen) atoms. The summed E-state index contributed by atoms with van der Waals surface area (Å²) in [5.74, 6) is 1.53. The Morgan fingerprint density at radius 1 is 1.48 bits per heavy atom. The number of thioether (sulfide) groups is 1. The van der Waals surface area contributed by atoms with Crippen molar-refractivity contribution in [1.29, 1.82) is 0 Å². The number of aryl methyl sites for hydroxylation is 1. The molecule has 0 saturated carbocycles. The number of benzene rings is 1. The van der Waals surface area contributed by atoms with E-state index < -0.39 is 0 Å². The topological polar surface area (TPSA) is 95.1 Å². The molecule has 1 aromatic carbocycles. The van der Waals surface area contributed by atoms with Crippen molar-refractivity contribution in [2.45, 2.75) is 12.1 Å². The van der Waals surface area contributed by atoms with Gasteiger partial charge in [0.25, 0.3) is 0 Å². The van der Waals surface area contributed by atoms with E-state index in [0.29, 0.717) is 22.3 Å². The van der Waals surface area contributed by atoms with Crippen molar-refractivity contribution in [3.8, 4) is 5.75 Å². The average Bonchev–Trinajstić information content (AvgIpc) is 2.79. The number of rotatable bonds is 5. The van der Waals surface area contributed by atoms with Gasteiger partial charge in [0.1, 0.15) is 11.6 Å². The fraction of sp³-hybridized carbons (Fsp3) is 0.308. The van der Waals surface area contributed by atoms with Crippen molar-refractivity contribution in [3.05, 3.63) is 24.0 Å². The Morgan fingerprint density at radius 2 is 2.24 bits per heavy atom. The first-order valence-corrected chi connectivity index (χ1v) is 7.22. The summed E-state index contributed by atoms with van der Waals surface area (Å²) in [5.41, 5.74) is 6.88. The zero-order chi connectivity index (χ0) is 15.4. The van der Waals surface area contributed by atoms with Gasteiger partial charge >= 0.3 is 0 Å². The van der Waals surface area contributed by atoms with Crippen molar-refractivity contribution >= 4 is 29.0 Å². The van der Waals surface area contributed by atoms with E-state index in [-0.39, 0.29) is 11.7 Å². The molecule has 0 aliphatic heterocycles. The van der Waals surface area contributed by atoms with Gasteiger partial charge < -0.3 is 20.4 Å². The van der Waals surface area contributed by atoms with E-state index in [0.717, 1.165) is 5.82 Å². The summed E-state index contributed by atoms with van der Waals surface area (Å²) in [6, 6.07) is 5.11. The molecule has 0 fully saturated rings. The highest BCUT2D eigenvalue weighted by molar-refractivity contribution is 7.99. The Balaban J connectivity index is 1.94. The number of nitrogens with two attached hydrogens (primary N) is 1.